The molecule has 1 unspecified atom stereocenters. The van der Waals surface area contributed by atoms with Crippen molar-refractivity contribution in [3.05, 3.63) is 88.4 Å². The number of hydroxylamine groups is 2. The monoisotopic (exact) mass is 467 g/mol. The van der Waals surface area contributed by atoms with Gasteiger partial charge in [0, 0.05) is 18.0 Å². The second kappa shape index (κ2) is 11.1. The Labute approximate surface area is 200 Å². The zero-order valence-corrected chi connectivity index (χ0v) is 20.0. The van der Waals surface area contributed by atoms with Gasteiger partial charge in [-0.1, -0.05) is 60.5 Å². The molecule has 1 heterocycles. The predicted molar refractivity (Wildman–Crippen MR) is 134 cm³/mol. The Morgan fingerprint density at radius 3 is 2.38 bits per heavy atom. The van der Waals surface area contributed by atoms with E-state index in [1.165, 1.54) is 30.4 Å². The summed E-state index contributed by atoms with van der Waals surface area (Å²) in [5, 5.41) is 12.8. The van der Waals surface area contributed by atoms with E-state index in [1.807, 2.05) is 18.4 Å². The van der Waals surface area contributed by atoms with Crippen LogP contribution in [0.15, 0.2) is 71.6 Å². The zero-order chi connectivity index (χ0) is 22.3. The molecule has 168 valence electrons. The number of rotatable bonds is 8. The number of piperidine rings is 1. The van der Waals surface area contributed by atoms with E-state index in [1.54, 1.807) is 17.8 Å². The lowest BCUT2D eigenvalue weighted by molar-refractivity contribution is -0.0720. The normalized spacial score (nSPS) is 15.4. The van der Waals surface area contributed by atoms with Crippen molar-refractivity contribution in [3.63, 3.8) is 0 Å². The zero-order valence-electron chi connectivity index (χ0n) is 18.5. The highest BCUT2D eigenvalue weighted by Crippen LogP contribution is 2.37. The van der Waals surface area contributed by atoms with Crippen LogP contribution in [0.5, 0.6) is 11.5 Å². The summed E-state index contributed by atoms with van der Waals surface area (Å²) in [4.78, 5) is 7.11. The molecule has 1 aliphatic rings. The second-order valence-electron chi connectivity index (χ2n) is 8.36. The lowest BCUT2D eigenvalue weighted by atomic mass is 9.86. The van der Waals surface area contributed by atoms with E-state index in [2.05, 4.69) is 53.6 Å². The van der Waals surface area contributed by atoms with Gasteiger partial charge in [-0.2, -0.15) is 0 Å². The van der Waals surface area contributed by atoms with Crippen molar-refractivity contribution in [2.45, 2.75) is 42.9 Å². The van der Waals surface area contributed by atoms with Gasteiger partial charge in [0.25, 0.3) is 0 Å². The molecule has 3 aromatic carbocycles. The van der Waals surface area contributed by atoms with E-state index in [-0.39, 0.29) is 11.7 Å². The lowest BCUT2D eigenvalue weighted by Crippen LogP contribution is -2.32. The van der Waals surface area contributed by atoms with Crippen molar-refractivity contribution >= 4 is 23.4 Å². The number of nitrogens with zero attached hydrogens (tertiary/aromatic N) is 1. The summed E-state index contributed by atoms with van der Waals surface area (Å²) in [6.07, 6.45) is 7.42. The van der Waals surface area contributed by atoms with Crippen LogP contribution in [0.25, 0.3) is 0 Å². The van der Waals surface area contributed by atoms with Crippen molar-refractivity contribution in [2.24, 2.45) is 0 Å². The first-order valence-corrected chi connectivity index (χ1v) is 12.8. The van der Waals surface area contributed by atoms with Gasteiger partial charge >= 0.3 is 0 Å². The molecule has 3 aromatic rings. The molecule has 1 fully saturated rings. The maximum atomic E-state index is 10.2. The van der Waals surface area contributed by atoms with Crippen molar-refractivity contribution in [1.29, 1.82) is 0 Å². The standard InChI is InChI=1S/C27H30ClNO2S/c1-32-27-23(18-24(30)19-26(27)28)17-22(16-20-8-4-2-5-9-20)21-10-12-25(13-11-21)31-29-14-6-3-7-15-29/h2,4-5,8-13,18-19,22,30H,3,6-7,14-17H2,1H3. The number of halogens is 1. The number of phenolic OH excluding ortho intramolecular Hbond substituents is 1. The third kappa shape index (κ3) is 6.00. The first-order valence-electron chi connectivity index (χ1n) is 11.2. The molecule has 4 rings (SSSR count). The van der Waals surface area contributed by atoms with Gasteiger partial charge in [-0.15, -0.1) is 16.8 Å². The fourth-order valence-electron chi connectivity index (χ4n) is 4.39. The molecule has 32 heavy (non-hydrogen) atoms. The molecule has 1 N–H and O–H groups in total. The van der Waals surface area contributed by atoms with Gasteiger partial charge in [0.1, 0.15) is 11.5 Å². The third-order valence-corrected chi connectivity index (χ3v) is 7.30. The van der Waals surface area contributed by atoms with E-state index >= 15 is 0 Å². The van der Waals surface area contributed by atoms with Crippen LogP contribution in [0.3, 0.4) is 0 Å². The minimum absolute atomic E-state index is 0.214. The van der Waals surface area contributed by atoms with Gasteiger partial charge in [0.15, 0.2) is 0 Å². The van der Waals surface area contributed by atoms with Crippen LogP contribution in [-0.4, -0.2) is 29.5 Å². The average molecular weight is 468 g/mol. The molecule has 0 bridgehead atoms. The Balaban J connectivity index is 1.58. The van der Waals surface area contributed by atoms with Gasteiger partial charge in [0.2, 0.25) is 0 Å². The van der Waals surface area contributed by atoms with Crippen molar-refractivity contribution in [2.75, 3.05) is 19.3 Å². The SMILES string of the molecule is CSc1c(Cl)cc(O)cc1CC(Cc1ccccc1)c1ccc(ON2CCCCC2)cc1. The minimum atomic E-state index is 0.214. The van der Waals surface area contributed by atoms with Gasteiger partial charge in [-0.3, -0.25) is 0 Å². The molecular formula is C27H30ClNO2S. The van der Waals surface area contributed by atoms with Crippen molar-refractivity contribution in [1.82, 2.24) is 5.06 Å². The highest BCUT2D eigenvalue weighted by Gasteiger charge is 2.19. The molecule has 1 aliphatic heterocycles. The van der Waals surface area contributed by atoms with Crippen LogP contribution in [-0.2, 0) is 12.8 Å². The lowest BCUT2D eigenvalue weighted by Gasteiger charge is -2.26. The van der Waals surface area contributed by atoms with E-state index in [0.29, 0.717) is 5.02 Å². The van der Waals surface area contributed by atoms with E-state index in [9.17, 15) is 5.11 Å². The van der Waals surface area contributed by atoms with Gasteiger partial charge in [-0.25, -0.2) is 0 Å². The quantitative estimate of drug-likeness (QED) is 0.357. The molecule has 0 aliphatic carbocycles. The number of phenols is 1. The van der Waals surface area contributed by atoms with Crippen molar-refractivity contribution in [3.8, 4) is 11.5 Å². The van der Waals surface area contributed by atoms with Crippen LogP contribution < -0.4 is 4.84 Å². The summed E-state index contributed by atoms with van der Waals surface area (Å²) in [7, 11) is 0. The van der Waals surface area contributed by atoms with Crippen LogP contribution in [0.2, 0.25) is 5.02 Å². The predicted octanol–water partition coefficient (Wildman–Crippen LogP) is 7.12. The molecular weight excluding hydrogens is 438 g/mol. The summed E-state index contributed by atoms with van der Waals surface area (Å²) < 4.78 is 0. The van der Waals surface area contributed by atoms with E-state index in [0.717, 1.165) is 42.1 Å². The Hall–Kier alpha value is -2.14. The molecule has 0 amide bonds. The number of hydrogen-bond acceptors (Lipinski definition) is 4. The first kappa shape index (κ1) is 23.0. The maximum Gasteiger partial charge on any atom is 0.147 e. The molecule has 1 saturated heterocycles. The third-order valence-electron chi connectivity index (χ3n) is 6.00. The molecule has 0 radical (unpaired) electrons. The number of benzene rings is 3. The van der Waals surface area contributed by atoms with Gasteiger partial charge in [-0.05, 0) is 78.8 Å². The average Bonchev–Trinajstić information content (AvgIpc) is 2.80. The van der Waals surface area contributed by atoms with E-state index < -0.39 is 0 Å². The second-order valence-corrected chi connectivity index (χ2v) is 9.58. The number of thioether (sulfide) groups is 1. The Morgan fingerprint density at radius 1 is 0.969 bits per heavy atom. The topological polar surface area (TPSA) is 32.7 Å². The molecule has 0 spiro atoms. The van der Waals surface area contributed by atoms with Crippen LogP contribution in [0.1, 0.15) is 41.9 Å². The summed E-state index contributed by atoms with van der Waals surface area (Å²) >= 11 is 8.06. The molecule has 0 aromatic heterocycles. The van der Waals surface area contributed by atoms with Crippen molar-refractivity contribution < 1.29 is 9.94 Å². The van der Waals surface area contributed by atoms with Gasteiger partial charge < -0.3 is 9.94 Å². The van der Waals surface area contributed by atoms with Gasteiger partial charge in [0.05, 0.1) is 5.02 Å². The number of hydrogen-bond donors (Lipinski definition) is 1. The fourth-order valence-corrected chi connectivity index (χ4v) is 5.52. The molecule has 5 heteroatoms. The Morgan fingerprint density at radius 2 is 1.69 bits per heavy atom. The van der Waals surface area contributed by atoms with Crippen LogP contribution in [0.4, 0.5) is 0 Å². The summed E-state index contributed by atoms with van der Waals surface area (Å²) in [6, 6.07) is 22.5. The smallest absolute Gasteiger partial charge is 0.147 e. The maximum absolute atomic E-state index is 10.2. The first-order chi connectivity index (χ1) is 15.6. The summed E-state index contributed by atoms with van der Waals surface area (Å²) in [5.74, 6) is 1.36. The van der Waals surface area contributed by atoms with Crippen LogP contribution in [0, 0.1) is 0 Å². The Kier molecular flexibility index (Phi) is 8.01. The summed E-state index contributed by atoms with van der Waals surface area (Å²) in [5.41, 5.74) is 3.63. The number of aromatic hydroxyl groups is 1. The molecule has 1 atom stereocenters. The minimum Gasteiger partial charge on any atom is -0.508 e. The Bertz CT molecular complexity index is 1000. The largest absolute Gasteiger partial charge is 0.508 e. The van der Waals surface area contributed by atoms with E-state index in [4.69, 9.17) is 16.4 Å². The fraction of sp³-hybridized carbons (Fsp3) is 0.333. The molecule has 3 nitrogen and oxygen atoms in total. The highest BCUT2D eigenvalue weighted by atomic mass is 35.5. The highest BCUT2D eigenvalue weighted by molar-refractivity contribution is 7.98. The molecule has 0 saturated carbocycles. The van der Waals surface area contributed by atoms with Crippen LogP contribution >= 0.6 is 23.4 Å². The summed E-state index contributed by atoms with van der Waals surface area (Å²) in [6.45, 7) is 1.99.